The highest BCUT2D eigenvalue weighted by atomic mass is 35.5. The van der Waals surface area contributed by atoms with Crippen LogP contribution >= 0.6 is 11.6 Å². The predicted octanol–water partition coefficient (Wildman–Crippen LogP) is 1.06. The summed E-state index contributed by atoms with van der Waals surface area (Å²) in [4.78, 5) is 10.5. The fraction of sp³-hybridized carbons (Fsp3) is 0.500. The van der Waals surface area contributed by atoms with Gasteiger partial charge >= 0.3 is 5.97 Å². The third-order valence-electron chi connectivity index (χ3n) is 2.37. The number of carbonyl (C=O) groups is 1. The number of aliphatic carboxylic acids is 1. The van der Waals surface area contributed by atoms with Crippen LogP contribution < -0.4 is 10.1 Å². The Labute approximate surface area is 129 Å². The number of nitrogens with one attached hydrogen (secondary N) is 1. The van der Waals surface area contributed by atoms with E-state index < -0.39 is 12.1 Å². The van der Waals surface area contributed by atoms with Crippen LogP contribution in [0.15, 0.2) is 18.2 Å². The van der Waals surface area contributed by atoms with Crippen LogP contribution in [0.2, 0.25) is 5.02 Å². The Morgan fingerprint density at radius 1 is 1.33 bits per heavy atom. The monoisotopic (exact) mass is 319 g/mol. The standard InChI is InChI=1S/C10H11ClO3.C4H11NO2/c1-6-5-8(11)3-4-9(6)14-7(2)10(12)13;6-3-1-5-2-4-7/h3-5,7H,1-2H3,(H,12,13);5-7H,1-4H2. The second kappa shape index (κ2) is 11.3. The molecule has 1 aromatic carbocycles. The molecule has 1 atom stereocenters. The van der Waals surface area contributed by atoms with Gasteiger partial charge in [-0.05, 0) is 37.6 Å². The number of hydrogen-bond donors (Lipinski definition) is 4. The summed E-state index contributed by atoms with van der Waals surface area (Å²) in [5.41, 5.74) is 0.825. The molecule has 6 nitrogen and oxygen atoms in total. The van der Waals surface area contributed by atoms with E-state index in [2.05, 4.69) is 5.32 Å². The molecule has 4 N–H and O–H groups in total. The molecule has 0 spiro atoms. The van der Waals surface area contributed by atoms with E-state index in [9.17, 15) is 4.79 Å². The summed E-state index contributed by atoms with van der Waals surface area (Å²) in [5.74, 6) is -0.441. The fourth-order valence-corrected chi connectivity index (χ4v) is 1.50. The number of aryl methyl sites for hydroxylation is 1. The zero-order valence-electron chi connectivity index (χ0n) is 12.2. The maximum atomic E-state index is 10.5. The highest BCUT2D eigenvalue weighted by Crippen LogP contribution is 2.22. The van der Waals surface area contributed by atoms with Crippen LogP contribution in [0.4, 0.5) is 0 Å². The molecule has 0 aliphatic heterocycles. The first-order valence-corrected chi connectivity index (χ1v) is 6.88. The van der Waals surface area contributed by atoms with Crippen molar-refractivity contribution in [3.8, 4) is 5.75 Å². The number of carboxylic acids is 1. The van der Waals surface area contributed by atoms with Crippen molar-refractivity contribution in [2.75, 3.05) is 26.3 Å². The maximum absolute atomic E-state index is 10.5. The van der Waals surface area contributed by atoms with Gasteiger partial charge in [0.2, 0.25) is 0 Å². The van der Waals surface area contributed by atoms with Crippen LogP contribution in [0.1, 0.15) is 12.5 Å². The molecular weight excluding hydrogens is 298 g/mol. The number of aliphatic hydroxyl groups is 2. The Morgan fingerprint density at radius 3 is 2.33 bits per heavy atom. The van der Waals surface area contributed by atoms with E-state index in [0.29, 0.717) is 23.9 Å². The molecular formula is C14H22ClNO5. The minimum Gasteiger partial charge on any atom is -0.479 e. The van der Waals surface area contributed by atoms with Crippen molar-refractivity contribution in [2.45, 2.75) is 20.0 Å². The molecule has 0 amide bonds. The summed E-state index contributed by atoms with van der Waals surface area (Å²) in [5, 5.41) is 28.3. The van der Waals surface area contributed by atoms with Crippen molar-refractivity contribution in [2.24, 2.45) is 0 Å². The highest BCUT2D eigenvalue weighted by Gasteiger charge is 2.13. The van der Waals surface area contributed by atoms with E-state index in [1.807, 2.05) is 6.92 Å². The molecule has 0 fully saturated rings. The second-order valence-corrected chi connectivity index (χ2v) is 4.64. The lowest BCUT2D eigenvalue weighted by Crippen LogP contribution is -2.23. The molecule has 1 unspecified atom stereocenters. The van der Waals surface area contributed by atoms with Crippen LogP contribution in [-0.4, -0.2) is 53.7 Å². The van der Waals surface area contributed by atoms with Crippen molar-refractivity contribution < 1.29 is 24.9 Å². The minimum absolute atomic E-state index is 0.139. The van der Waals surface area contributed by atoms with Crippen LogP contribution in [0.3, 0.4) is 0 Å². The topological polar surface area (TPSA) is 99.0 Å². The molecule has 0 aromatic heterocycles. The number of ether oxygens (including phenoxy) is 1. The van der Waals surface area contributed by atoms with Crippen molar-refractivity contribution in [3.63, 3.8) is 0 Å². The van der Waals surface area contributed by atoms with Gasteiger partial charge in [0.15, 0.2) is 6.10 Å². The average molecular weight is 320 g/mol. The van der Waals surface area contributed by atoms with E-state index >= 15 is 0 Å². The molecule has 1 aromatic rings. The molecule has 7 heteroatoms. The van der Waals surface area contributed by atoms with E-state index in [1.54, 1.807) is 18.2 Å². The van der Waals surface area contributed by atoms with Crippen LogP contribution in [0, 0.1) is 6.92 Å². The summed E-state index contributed by atoms with van der Waals surface area (Å²) >= 11 is 5.74. The van der Waals surface area contributed by atoms with Crippen molar-refractivity contribution in [1.82, 2.24) is 5.32 Å². The Morgan fingerprint density at radius 2 is 1.90 bits per heavy atom. The SMILES string of the molecule is Cc1cc(Cl)ccc1OC(C)C(=O)O.OCCNCCO. The van der Waals surface area contributed by atoms with Crippen molar-refractivity contribution >= 4 is 17.6 Å². The summed E-state index contributed by atoms with van der Waals surface area (Å²) in [7, 11) is 0. The first kappa shape index (κ1) is 19.7. The number of rotatable bonds is 7. The number of carboxylic acid groups (broad SMARTS) is 1. The van der Waals surface area contributed by atoms with Gasteiger partial charge in [-0.3, -0.25) is 0 Å². The lowest BCUT2D eigenvalue weighted by atomic mass is 10.2. The molecule has 0 saturated heterocycles. The van der Waals surface area contributed by atoms with Gasteiger partial charge in [0.1, 0.15) is 5.75 Å². The third-order valence-corrected chi connectivity index (χ3v) is 2.60. The Balaban J connectivity index is 0.000000486. The first-order valence-electron chi connectivity index (χ1n) is 6.50. The molecule has 1 rings (SSSR count). The smallest absolute Gasteiger partial charge is 0.344 e. The lowest BCUT2D eigenvalue weighted by Gasteiger charge is -2.12. The number of benzene rings is 1. The van der Waals surface area contributed by atoms with Gasteiger partial charge in [-0.25, -0.2) is 4.79 Å². The lowest BCUT2D eigenvalue weighted by molar-refractivity contribution is -0.144. The molecule has 0 aliphatic rings. The van der Waals surface area contributed by atoms with Gasteiger partial charge in [-0.15, -0.1) is 0 Å². The molecule has 0 aliphatic carbocycles. The minimum atomic E-state index is -0.987. The van der Waals surface area contributed by atoms with Crippen molar-refractivity contribution in [3.05, 3.63) is 28.8 Å². The first-order chi connectivity index (χ1) is 9.92. The second-order valence-electron chi connectivity index (χ2n) is 4.21. The molecule has 0 saturated carbocycles. The summed E-state index contributed by atoms with van der Waals surface area (Å²) < 4.78 is 5.20. The van der Waals surface area contributed by atoms with E-state index in [0.717, 1.165) is 5.56 Å². The highest BCUT2D eigenvalue weighted by molar-refractivity contribution is 6.30. The zero-order chi connectivity index (χ0) is 16.3. The average Bonchev–Trinajstić information content (AvgIpc) is 2.43. The summed E-state index contributed by atoms with van der Waals surface area (Å²) in [6.07, 6.45) is -0.852. The van der Waals surface area contributed by atoms with Crippen LogP contribution in [-0.2, 0) is 4.79 Å². The number of aliphatic hydroxyl groups excluding tert-OH is 2. The predicted molar refractivity (Wildman–Crippen MR) is 81.0 cm³/mol. The molecule has 21 heavy (non-hydrogen) atoms. The Bertz CT molecular complexity index is 424. The van der Waals surface area contributed by atoms with Gasteiger partial charge in [0.25, 0.3) is 0 Å². The van der Waals surface area contributed by atoms with Crippen LogP contribution in [0.5, 0.6) is 5.75 Å². The fourth-order valence-electron chi connectivity index (χ4n) is 1.27. The molecule has 0 heterocycles. The van der Waals surface area contributed by atoms with Gasteiger partial charge in [0.05, 0.1) is 13.2 Å². The van der Waals surface area contributed by atoms with Gasteiger partial charge in [-0.2, -0.15) is 0 Å². The summed E-state index contributed by atoms with van der Waals surface area (Å²) in [6.45, 7) is 4.72. The van der Waals surface area contributed by atoms with Crippen LogP contribution in [0.25, 0.3) is 0 Å². The van der Waals surface area contributed by atoms with E-state index in [1.165, 1.54) is 6.92 Å². The Kier molecular flexibility index (Phi) is 10.6. The van der Waals surface area contributed by atoms with Gasteiger partial charge < -0.3 is 25.4 Å². The zero-order valence-corrected chi connectivity index (χ0v) is 12.9. The quantitative estimate of drug-likeness (QED) is 0.561. The van der Waals surface area contributed by atoms with E-state index in [-0.39, 0.29) is 13.2 Å². The van der Waals surface area contributed by atoms with Crippen molar-refractivity contribution in [1.29, 1.82) is 0 Å². The molecule has 0 radical (unpaired) electrons. The van der Waals surface area contributed by atoms with E-state index in [4.69, 9.17) is 31.7 Å². The van der Waals surface area contributed by atoms with Gasteiger partial charge in [0, 0.05) is 18.1 Å². The summed E-state index contributed by atoms with van der Waals surface area (Å²) in [6, 6.07) is 5.06. The number of halogens is 1. The maximum Gasteiger partial charge on any atom is 0.344 e. The molecule has 0 bridgehead atoms. The normalized spacial score (nSPS) is 11.3. The Hall–Kier alpha value is -1.34. The molecule has 120 valence electrons. The number of hydrogen-bond acceptors (Lipinski definition) is 5. The largest absolute Gasteiger partial charge is 0.479 e. The third kappa shape index (κ3) is 9.25. The van der Waals surface area contributed by atoms with Gasteiger partial charge in [-0.1, -0.05) is 11.6 Å².